The minimum Gasteiger partial charge on any atom is -0.356 e. The summed E-state index contributed by atoms with van der Waals surface area (Å²) in [6.07, 6.45) is 5.34. The molecule has 0 aliphatic carbocycles. The second-order valence-electron chi connectivity index (χ2n) is 4.64. The van der Waals surface area contributed by atoms with E-state index < -0.39 is 0 Å². The average molecular weight is 212 g/mol. The molecule has 1 rings (SSSR count). The zero-order chi connectivity index (χ0) is 11.1. The van der Waals surface area contributed by atoms with Gasteiger partial charge in [0.05, 0.1) is 0 Å². The molecule has 0 saturated carbocycles. The second kappa shape index (κ2) is 6.83. The van der Waals surface area contributed by atoms with E-state index in [2.05, 4.69) is 24.2 Å². The maximum absolute atomic E-state index is 11.4. The van der Waals surface area contributed by atoms with E-state index in [9.17, 15) is 4.79 Å². The Bertz CT molecular complexity index is 186. The molecule has 3 nitrogen and oxygen atoms in total. The fraction of sp³-hybridized carbons (Fsp3) is 0.917. The lowest BCUT2D eigenvalue weighted by Crippen LogP contribution is -2.31. The molecule has 1 saturated heterocycles. The van der Waals surface area contributed by atoms with E-state index in [1.54, 1.807) is 0 Å². The molecule has 0 aromatic heterocycles. The first-order valence-corrected chi connectivity index (χ1v) is 6.17. The van der Waals surface area contributed by atoms with Gasteiger partial charge < -0.3 is 10.2 Å². The smallest absolute Gasteiger partial charge is 0.220 e. The van der Waals surface area contributed by atoms with Crippen molar-refractivity contribution >= 4 is 5.91 Å². The van der Waals surface area contributed by atoms with E-state index in [0.717, 1.165) is 25.3 Å². The molecule has 15 heavy (non-hydrogen) atoms. The number of carbonyl (C=O) groups is 1. The maximum Gasteiger partial charge on any atom is 0.220 e. The number of carbonyl (C=O) groups excluding carboxylic acids is 1. The molecular formula is C12H24N2O. The molecular weight excluding hydrogens is 188 g/mol. The van der Waals surface area contributed by atoms with Crippen LogP contribution in [0.25, 0.3) is 0 Å². The molecule has 1 aliphatic heterocycles. The third kappa shape index (κ3) is 5.17. The van der Waals surface area contributed by atoms with E-state index in [0.29, 0.717) is 6.42 Å². The van der Waals surface area contributed by atoms with Crippen molar-refractivity contribution in [3.8, 4) is 0 Å². The number of nitrogens with one attached hydrogen (secondary N) is 1. The van der Waals surface area contributed by atoms with Crippen LogP contribution >= 0.6 is 0 Å². The third-order valence-corrected chi connectivity index (χ3v) is 3.19. The van der Waals surface area contributed by atoms with Gasteiger partial charge in [-0.05, 0) is 51.7 Å². The third-order valence-electron chi connectivity index (χ3n) is 3.19. The molecule has 1 heterocycles. The van der Waals surface area contributed by atoms with Crippen molar-refractivity contribution in [2.75, 3.05) is 26.7 Å². The van der Waals surface area contributed by atoms with Crippen molar-refractivity contribution in [1.82, 2.24) is 10.2 Å². The monoisotopic (exact) mass is 212 g/mol. The minimum atomic E-state index is 0.232. The molecule has 0 bridgehead atoms. The van der Waals surface area contributed by atoms with Crippen LogP contribution in [0.5, 0.6) is 0 Å². The van der Waals surface area contributed by atoms with Gasteiger partial charge in [-0.3, -0.25) is 4.79 Å². The molecule has 0 spiro atoms. The quantitative estimate of drug-likeness (QED) is 0.751. The first kappa shape index (κ1) is 12.5. The van der Waals surface area contributed by atoms with Gasteiger partial charge in [0.2, 0.25) is 5.91 Å². The number of hydrogen-bond acceptors (Lipinski definition) is 2. The molecule has 1 aliphatic rings. The van der Waals surface area contributed by atoms with E-state index >= 15 is 0 Å². The van der Waals surface area contributed by atoms with Crippen LogP contribution in [0.4, 0.5) is 0 Å². The second-order valence-corrected chi connectivity index (χ2v) is 4.64. The van der Waals surface area contributed by atoms with Crippen LogP contribution in [0.2, 0.25) is 0 Å². The molecule has 3 heteroatoms. The molecule has 0 aromatic carbocycles. The van der Waals surface area contributed by atoms with Crippen molar-refractivity contribution in [1.29, 1.82) is 0 Å². The topological polar surface area (TPSA) is 32.3 Å². The number of nitrogens with zero attached hydrogens (tertiary/aromatic N) is 1. The summed E-state index contributed by atoms with van der Waals surface area (Å²) in [5.41, 5.74) is 0. The highest BCUT2D eigenvalue weighted by atomic mass is 16.1. The summed E-state index contributed by atoms with van der Waals surface area (Å²) in [5, 5.41) is 2.93. The lowest BCUT2D eigenvalue weighted by Gasteiger charge is -2.28. The Labute approximate surface area is 93.2 Å². The zero-order valence-electron chi connectivity index (χ0n) is 10.1. The standard InChI is InChI=1S/C12H24N2O/c1-3-8-13-12(15)5-4-11-6-9-14(2)10-7-11/h11H,3-10H2,1-2H3,(H,13,15). The zero-order valence-corrected chi connectivity index (χ0v) is 10.1. The largest absolute Gasteiger partial charge is 0.356 e. The minimum absolute atomic E-state index is 0.232. The van der Waals surface area contributed by atoms with Gasteiger partial charge in [0, 0.05) is 13.0 Å². The summed E-state index contributed by atoms with van der Waals surface area (Å²) < 4.78 is 0. The van der Waals surface area contributed by atoms with Crippen molar-refractivity contribution in [2.24, 2.45) is 5.92 Å². The van der Waals surface area contributed by atoms with Gasteiger partial charge >= 0.3 is 0 Å². The fourth-order valence-electron chi connectivity index (χ4n) is 2.04. The normalized spacial score (nSPS) is 19.1. The van der Waals surface area contributed by atoms with Crippen LogP contribution in [0.15, 0.2) is 0 Å². The Kier molecular flexibility index (Phi) is 5.69. The van der Waals surface area contributed by atoms with Crippen molar-refractivity contribution < 1.29 is 4.79 Å². The van der Waals surface area contributed by atoms with Crippen LogP contribution in [0, 0.1) is 5.92 Å². The number of piperidine rings is 1. The highest BCUT2D eigenvalue weighted by Gasteiger charge is 2.17. The van der Waals surface area contributed by atoms with Crippen LogP contribution in [0.3, 0.4) is 0 Å². The number of rotatable bonds is 5. The first-order chi connectivity index (χ1) is 7.22. The molecule has 1 N–H and O–H groups in total. The van der Waals surface area contributed by atoms with Gasteiger partial charge in [-0.25, -0.2) is 0 Å². The predicted molar refractivity (Wildman–Crippen MR) is 62.8 cm³/mol. The Morgan fingerprint density at radius 3 is 2.67 bits per heavy atom. The van der Waals surface area contributed by atoms with Crippen LogP contribution in [-0.4, -0.2) is 37.5 Å². The van der Waals surface area contributed by atoms with Gasteiger partial charge in [-0.15, -0.1) is 0 Å². The van der Waals surface area contributed by atoms with Crippen molar-refractivity contribution in [3.63, 3.8) is 0 Å². The van der Waals surface area contributed by atoms with Gasteiger partial charge in [0.1, 0.15) is 0 Å². The molecule has 0 aromatic rings. The van der Waals surface area contributed by atoms with Crippen molar-refractivity contribution in [2.45, 2.75) is 39.0 Å². The van der Waals surface area contributed by atoms with Crippen LogP contribution < -0.4 is 5.32 Å². The Hall–Kier alpha value is -0.570. The Morgan fingerprint density at radius 2 is 2.07 bits per heavy atom. The molecule has 1 fully saturated rings. The molecule has 88 valence electrons. The van der Waals surface area contributed by atoms with Crippen LogP contribution in [0.1, 0.15) is 39.0 Å². The van der Waals surface area contributed by atoms with Gasteiger partial charge in [0.15, 0.2) is 0 Å². The lowest BCUT2D eigenvalue weighted by molar-refractivity contribution is -0.121. The van der Waals surface area contributed by atoms with Gasteiger partial charge in [0.25, 0.3) is 0 Å². The molecule has 0 atom stereocenters. The van der Waals surface area contributed by atoms with E-state index in [-0.39, 0.29) is 5.91 Å². The summed E-state index contributed by atoms with van der Waals surface area (Å²) in [5.74, 6) is 1.00. The summed E-state index contributed by atoms with van der Waals surface area (Å²) in [4.78, 5) is 13.8. The summed E-state index contributed by atoms with van der Waals surface area (Å²) >= 11 is 0. The highest BCUT2D eigenvalue weighted by molar-refractivity contribution is 5.75. The van der Waals surface area contributed by atoms with Gasteiger partial charge in [-0.2, -0.15) is 0 Å². The summed E-state index contributed by atoms with van der Waals surface area (Å²) in [6, 6.07) is 0. The number of likely N-dealkylation sites (tertiary alicyclic amines) is 1. The van der Waals surface area contributed by atoms with Crippen molar-refractivity contribution in [3.05, 3.63) is 0 Å². The Morgan fingerprint density at radius 1 is 1.40 bits per heavy atom. The molecule has 1 amide bonds. The highest BCUT2D eigenvalue weighted by Crippen LogP contribution is 2.20. The number of amides is 1. The number of hydrogen-bond donors (Lipinski definition) is 1. The van der Waals surface area contributed by atoms with E-state index in [4.69, 9.17) is 0 Å². The fourth-order valence-corrected chi connectivity index (χ4v) is 2.04. The van der Waals surface area contributed by atoms with Crippen LogP contribution in [-0.2, 0) is 4.79 Å². The lowest BCUT2D eigenvalue weighted by atomic mass is 9.92. The SMILES string of the molecule is CCCNC(=O)CCC1CCN(C)CC1. The summed E-state index contributed by atoms with van der Waals surface area (Å²) in [7, 11) is 2.17. The first-order valence-electron chi connectivity index (χ1n) is 6.17. The maximum atomic E-state index is 11.4. The predicted octanol–water partition coefficient (Wildman–Crippen LogP) is 1.63. The van der Waals surface area contributed by atoms with E-state index in [1.165, 1.54) is 25.9 Å². The van der Waals surface area contributed by atoms with Gasteiger partial charge in [-0.1, -0.05) is 6.92 Å². The average Bonchev–Trinajstić information content (AvgIpc) is 2.25. The Balaban J connectivity index is 2.06. The summed E-state index contributed by atoms with van der Waals surface area (Å²) in [6.45, 7) is 5.30. The molecule has 0 unspecified atom stereocenters. The molecule has 0 radical (unpaired) electrons. The van der Waals surface area contributed by atoms with E-state index in [1.807, 2.05) is 0 Å².